The minimum absolute atomic E-state index is 0.0787. The van der Waals surface area contributed by atoms with Gasteiger partial charge in [0.25, 0.3) is 0 Å². The van der Waals surface area contributed by atoms with Gasteiger partial charge in [0.15, 0.2) is 0 Å². The Morgan fingerprint density at radius 1 is 1.60 bits per heavy atom. The molecular weight excluding hydrogens is 129 g/mol. The molecule has 1 aliphatic rings. The summed E-state index contributed by atoms with van der Waals surface area (Å²) in [5.41, 5.74) is 1.42. The molecule has 4 heteroatoms. The standard InChI is InChI=1S/C6H10BNO2/c1-3-4(2)6(10)8(7)5(3)9/h5,9H,7H2,1-2H3. The topological polar surface area (TPSA) is 40.5 Å². The molecule has 1 aliphatic heterocycles. The number of rotatable bonds is 0. The fourth-order valence-electron chi connectivity index (χ4n) is 1.03. The van der Waals surface area contributed by atoms with Gasteiger partial charge in [0.1, 0.15) is 6.23 Å². The normalized spacial score (nSPS) is 26.5. The molecule has 0 aromatic carbocycles. The summed E-state index contributed by atoms with van der Waals surface area (Å²) in [6.07, 6.45) is -0.701. The third-order valence-corrected chi connectivity index (χ3v) is 1.99. The van der Waals surface area contributed by atoms with Crippen LogP contribution in [0.5, 0.6) is 0 Å². The minimum atomic E-state index is -0.701. The van der Waals surface area contributed by atoms with Crippen LogP contribution in [0.15, 0.2) is 11.1 Å². The van der Waals surface area contributed by atoms with Crippen molar-refractivity contribution in [3.05, 3.63) is 11.1 Å². The minimum Gasteiger partial charge on any atom is -0.371 e. The molecule has 0 saturated heterocycles. The fraction of sp³-hybridized carbons (Fsp3) is 0.500. The molecule has 0 radical (unpaired) electrons. The fourth-order valence-corrected chi connectivity index (χ4v) is 1.03. The molecule has 3 nitrogen and oxygen atoms in total. The van der Waals surface area contributed by atoms with Crippen LogP contribution in [0.1, 0.15) is 13.8 Å². The summed E-state index contributed by atoms with van der Waals surface area (Å²) in [5, 5.41) is 9.25. The quantitative estimate of drug-likeness (QED) is 0.438. The first-order chi connectivity index (χ1) is 4.55. The zero-order chi connectivity index (χ0) is 7.89. The number of hydrogen-bond acceptors (Lipinski definition) is 2. The Labute approximate surface area is 60.8 Å². The smallest absolute Gasteiger partial charge is 0.239 e. The predicted molar refractivity (Wildman–Crippen MR) is 39.8 cm³/mol. The number of nitrogens with zero attached hydrogens (tertiary/aromatic N) is 1. The zero-order valence-corrected chi connectivity index (χ0v) is 6.38. The summed E-state index contributed by atoms with van der Waals surface area (Å²) in [4.78, 5) is 12.4. The Balaban J connectivity index is 2.99. The first-order valence-corrected chi connectivity index (χ1v) is 3.18. The van der Waals surface area contributed by atoms with E-state index in [0.29, 0.717) is 5.57 Å². The maximum atomic E-state index is 11.0. The predicted octanol–water partition coefficient (Wildman–Crippen LogP) is -0.969. The molecule has 54 valence electrons. The van der Waals surface area contributed by atoms with E-state index < -0.39 is 6.23 Å². The third kappa shape index (κ3) is 0.760. The summed E-state index contributed by atoms with van der Waals surface area (Å²) in [6.45, 7) is 3.49. The van der Waals surface area contributed by atoms with Gasteiger partial charge in [-0.1, -0.05) is 0 Å². The van der Waals surface area contributed by atoms with Crippen molar-refractivity contribution in [1.82, 2.24) is 4.81 Å². The third-order valence-electron chi connectivity index (χ3n) is 1.99. The monoisotopic (exact) mass is 139 g/mol. The lowest BCUT2D eigenvalue weighted by atomic mass is 10.2. The van der Waals surface area contributed by atoms with E-state index in [-0.39, 0.29) is 5.91 Å². The van der Waals surface area contributed by atoms with Gasteiger partial charge >= 0.3 is 0 Å². The van der Waals surface area contributed by atoms with Crippen molar-refractivity contribution in [2.45, 2.75) is 20.1 Å². The van der Waals surface area contributed by atoms with E-state index in [1.54, 1.807) is 21.8 Å². The summed E-state index contributed by atoms with van der Waals surface area (Å²) in [6, 6.07) is 0. The molecule has 0 aromatic rings. The molecular formula is C6H10BNO2. The number of aliphatic hydroxyl groups excluding tert-OH is 1. The van der Waals surface area contributed by atoms with E-state index in [9.17, 15) is 9.90 Å². The van der Waals surface area contributed by atoms with Crippen LogP contribution in [-0.4, -0.2) is 30.0 Å². The molecule has 1 atom stereocenters. The maximum Gasteiger partial charge on any atom is 0.239 e. The molecule has 0 aliphatic carbocycles. The van der Waals surface area contributed by atoms with Crippen molar-refractivity contribution < 1.29 is 9.90 Å². The SMILES string of the molecule is BN1C(=O)C(C)=C(C)C1O. The lowest BCUT2D eigenvalue weighted by Crippen LogP contribution is -2.32. The largest absolute Gasteiger partial charge is 0.371 e. The van der Waals surface area contributed by atoms with Gasteiger partial charge in [-0.3, -0.25) is 4.79 Å². The Morgan fingerprint density at radius 2 is 2.10 bits per heavy atom. The number of carbonyl (C=O) groups is 1. The van der Waals surface area contributed by atoms with E-state index in [1.165, 1.54) is 4.81 Å². The van der Waals surface area contributed by atoms with Crippen LogP contribution in [0.25, 0.3) is 0 Å². The second-order valence-corrected chi connectivity index (χ2v) is 2.60. The van der Waals surface area contributed by atoms with Gasteiger partial charge in [0, 0.05) is 5.57 Å². The molecule has 1 rings (SSSR count). The van der Waals surface area contributed by atoms with Crippen molar-refractivity contribution in [1.29, 1.82) is 0 Å². The second kappa shape index (κ2) is 2.13. The molecule has 1 N–H and O–H groups in total. The Kier molecular flexibility index (Phi) is 1.56. The van der Waals surface area contributed by atoms with Gasteiger partial charge in [-0.2, -0.15) is 0 Å². The molecule has 10 heavy (non-hydrogen) atoms. The van der Waals surface area contributed by atoms with Crippen LogP contribution in [0.2, 0.25) is 0 Å². The van der Waals surface area contributed by atoms with Crippen LogP contribution in [0.4, 0.5) is 0 Å². The van der Waals surface area contributed by atoms with Crippen LogP contribution >= 0.6 is 0 Å². The van der Waals surface area contributed by atoms with Gasteiger partial charge < -0.3 is 9.92 Å². The van der Waals surface area contributed by atoms with Crippen LogP contribution in [0.3, 0.4) is 0 Å². The van der Waals surface area contributed by atoms with Crippen molar-refractivity contribution in [2.24, 2.45) is 0 Å². The number of carbonyl (C=O) groups excluding carboxylic acids is 1. The summed E-state index contributed by atoms with van der Waals surface area (Å²) in [5.74, 6) is -0.0787. The molecule has 1 amide bonds. The molecule has 0 fully saturated rings. The van der Waals surface area contributed by atoms with Gasteiger partial charge in [-0.15, -0.1) is 0 Å². The molecule has 1 heterocycles. The highest BCUT2D eigenvalue weighted by molar-refractivity contribution is 6.19. The zero-order valence-electron chi connectivity index (χ0n) is 6.38. The van der Waals surface area contributed by atoms with Crippen molar-refractivity contribution >= 4 is 13.9 Å². The number of hydrogen-bond donors (Lipinski definition) is 1. The van der Waals surface area contributed by atoms with Crippen molar-refractivity contribution in [3.63, 3.8) is 0 Å². The number of amides is 1. The van der Waals surface area contributed by atoms with Gasteiger partial charge in [0.2, 0.25) is 13.9 Å². The number of aliphatic hydroxyl groups is 1. The highest BCUT2D eigenvalue weighted by Gasteiger charge is 2.29. The molecule has 1 unspecified atom stereocenters. The van der Waals surface area contributed by atoms with E-state index >= 15 is 0 Å². The second-order valence-electron chi connectivity index (χ2n) is 2.60. The first kappa shape index (κ1) is 7.34. The van der Waals surface area contributed by atoms with Gasteiger partial charge in [-0.25, -0.2) is 0 Å². The van der Waals surface area contributed by atoms with E-state index in [1.807, 2.05) is 0 Å². The van der Waals surface area contributed by atoms with Crippen molar-refractivity contribution in [3.8, 4) is 0 Å². The maximum absolute atomic E-state index is 11.0. The molecule has 0 aromatic heterocycles. The van der Waals surface area contributed by atoms with Crippen LogP contribution in [-0.2, 0) is 4.79 Å². The average molecular weight is 139 g/mol. The molecule has 0 bridgehead atoms. The van der Waals surface area contributed by atoms with E-state index in [0.717, 1.165) is 5.57 Å². The average Bonchev–Trinajstić information content (AvgIpc) is 2.07. The van der Waals surface area contributed by atoms with Crippen LogP contribution < -0.4 is 0 Å². The van der Waals surface area contributed by atoms with E-state index in [2.05, 4.69) is 0 Å². The van der Waals surface area contributed by atoms with Crippen LogP contribution in [0, 0.1) is 0 Å². The summed E-state index contributed by atoms with van der Waals surface area (Å²) in [7, 11) is 1.59. The van der Waals surface area contributed by atoms with Crippen molar-refractivity contribution in [2.75, 3.05) is 0 Å². The van der Waals surface area contributed by atoms with Gasteiger partial charge in [0.05, 0.1) is 0 Å². The Bertz CT molecular complexity index is 212. The lowest BCUT2D eigenvalue weighted by Gasteiger charge is -2.15. The highest BCUT2D eigenvalue weighted by Crippen LogP contribution is 2.20. The Morgan fingerprint density at radius 3 is 2.20 bits per heavy atom. The van der Waals surface area contributed by atoms with Gasteiger partial charge in [-0.05, 0) is 19.4 Å². The summed E-state index contributed by atoms with van der Waals surface area (Å²) >= 11 is 0. The Hall–Kier alpha value is -0.765. The molecule has 0 saturated carbocycles. The highest BCUT2D eigenvalue weighted by atomic mass is 16.3. The first-order valence-electron chi connectivity index (χ1n) is 3.18. The summed E-state index contributed by atoms with van der Waals surface area (Å²) < 4.78 is 0. The lowest BCUT2D eigenvalue weighted by molar-refractivity contribution is -0.125. The molecule has 0 spiro atoms. The van der Waals surface area contributed by atoms with E-state index in [4.69, 9.17) is 0 Å².